The Kier molecular flexibility index (Phi) is 4.55. The number of aromatic hydroxyl groups is 1. The highest BCUT2D eigenvalue weighted by Crippen LogP contribution is 2.52. The van der Waals surface area contributed by atoms with Crippen LogP contribution in [0.4, 0.5) is 0 Å². The first kappa shape index (κ1) is 21.4. The SMILES string of the molecule is CC(=O)C1=C(O)C[C@@H]2C[C@@H]3Cc4c(C5=CC(C)=CC5)ccc(O)c4C(=O)C3=C(O)[C@]2(O)C1=O. The maximum Gasteiger partial charge on any atom is 0.209 e. The number of ketones is 3. The van der Waals surface area contributed by atoms with Crippen LogP contribution < -0.4 is 0 Å². The molecule has 7 nitrogen and oxygen atoms in total. The Labute approximate surface area is 190 Å². The molecule has 4 aliphatic rings. The number of phenolic OH excluding ortho intramolecular Hbond substituents is 1. The highest BCUT2D eigenvalue weighted by atomic mass is 16.3. The zero-order valence-electron chi connectivity index (χ0n) is 18.3. The molecule has 1 aromatic carbocycles. The Morgan fingerprint density at radius 1 is 1.12 bits per heavy atom. The predicted molar refractivity (Wildman–Crippen MR) is 119 cm³/mol. The average Bonchev–Trinajstić information content (AvgIpc) is 3.16. The van der Waals surface area contributed by atoms with E-state index >= 15 is 0 Å². The predicted octanol–water partition coefficient (Wildman–Crippen LogP) is 3.42. The number of aliphatic hydroxyl groups is 3. The molecule has 7 heteroatoms. The molecule has 33 heavy (non-hydrogen) atoms. The third kappa shape index (κ3) is 2.82. The minimum atomic E-state index is -2.46. The van der Waals surface area contributed by atoms with Gasteiger partial charge < -0.3 is 20.4 Å². The average molecular weight is 448 g/mol. The van der Waals surface area contributed by atoms with E-state index < -0.39 is 51.9 Å². The molecule has 0 fully saturated rings. The van der Waals surface area contributed by atoms with Gasteiger partial charge in [0.15, 0.2) is 17.2 Å². The van der Waals surface area contributed by atoms with E-state index in [-0.39, 0.29) is 29.7 Å². The van der Waals surface area contributed by atoms with Crippen molar-refractivity contribution in [2.45, 2.75) is 45.1 Å². The van der Waals surface area contributed by atoms with Gasteiger partial charge in [0.25, 0.3) is 0 Å². The van der Waals surface area contributed by atoms with E-state index in [0.29, 0.717) is 18.4 Å². The van der Waals surface area contributed by atoms with Crippen LogP contribution in [0.1, 0.15) is 54.6 Å². The maximum absolute atomic E-state index is 13.6. The maximum atomic E-state index is 13.6. The quantitative estimate of drug-likeness (QED) is 0.510. The minimum Gasteiger partial charge on any atom is -0.511 e. The lowest BCUT2D eigenvalue weighted by Gasteiger charge is -2.45. The van der Waals surface area contributed by atoms with Gasteiger partial charge in [-0.2, -0.15) is 0 Å². The molecule has 3 atom stereocenters. The molecule has 170 valence electrons. The number of hydrogen-bond acceptors (Lipinski definition) is 7. The Morgan fingerprint density at radius 3 is 2.48 bits per heavy atom. The van der Waals surface area contributed by atoms with Crippen LogP contribution in [0.15, 0.2) is 52.5 Å². The van der Waals surface area contributed by atoms with Crippen LogP contribution in [-0.2, 0) is 16.0 Å². The molecule has 5 rings (SSSR count). The van der Waals surface area contributed by atoms with Crippen LogP contribution in [0.3, 0.4) is 0 Å². The first-order chi connectivity index (χ1) is 15.6. The Morgan fingerprint density at radius 2 is 1.85 bits per heavy atom. The molecule has 0 saturated carbocycles. The topological polar surface area (TPSA) is 132 Å². The van der Waals surface area contributed by atoms with E-state index in [2.05, 4.69) is 6.08 Å². The summed E-state index contributed by atoms with van der Waals surface area (Å²) in [4.78, 5) is 38.5. The number of fused-ring (bicyclic) bond motifs is 3. The van der Waals surface area contributed by atoms with Crippen molar-refractivity contribution in [3.8, 4) is 5.75 Å². The van der Waals surface area contributed by atoms with Crippen LogP contribution in [0, 0.1) is 11.8 Å². The number of hydrogen-bond donors (Lipinski definition) is 4. The van der Waals surface area contributed by atoms with Gasteiger partial charge in [0, 0.05) is 17.9 Å². The molecular weight excluding hydrogens is 424 g/mol. The summed E-state index contributed by atoms with van der Waals surface area (Å²) < 4.78 is 0. The first-order valence-corrected chi connectivity index (χ1v) is 11.0. The number of aliphatic hydroxyl groups excluding tert-OH is 2. The van der Waals surface area contributed by atoms with Crippen molar-refractivity contribution >= 4 is 22.9 Å². The van der Waals surface area contributed by atoms with Gasteiger partial charge >= 0.3 is 0 Å². The third-order valence-corrected chi connectivity index (χ3v) is 7.44. The number of carbonyl (C=O) groups is 3. The smallest absolute Gasteiger partial charge is 0.209 e. The Hall–Kier alpha value is -3.45. The van der Waals surface area contributed by atoms with E-state index in [0.717, 1.165) is 23.6 Å². The van der Waals surface area contributed by atoms with Crippen LogP contribution in [0.5, 0.6) is 5.75 Å². The highest BCUT2D eigenvalue weighted by Gasteiger charge is 2.59. The lowest BCUT2D eigenvalue weighted by molar-refractivity contribution is -0.144. The molecule has 0 saturated heterocycles. The van der Waals surface area contributed by atoms with Gasteiger partial charge in [-0.05, 0) is 61.8 Å². The Bertz CT molecular complexity index is 1290. The number of Topliss-reactive ketones (excluding diaryl/α,β-unsaturated/α-hetero) is 3. The lowest BCUT2D eigenvalue weighted by Crippen LogP contribution is -2.56. The molecule has 0 amide bonds. The fourth-order valence-corrected chi connectivity index (χ4v) is 5.88. The molecule has 0 aromatic heterocycles. The van der Waals surface area contributed by atoms with E-state index in [1.54, 1.807) is 6.07 Å². The number of phenols is 1. The first-order valence-electron chi connectivity index (χ1n) is 11.0. The summed E-state index contributed by atoms with van der Waals surface area (Å²) in [6, 6.07) is 3.23. The highest BCUT2D eigenvalue weighted by molar-refractivity contribution is 6.25. The van der Waals surface area contributed by atoms with Crippen LogP contribution >= 0.6 is 0 Å². The number of benzene rings is 1. The summed E-state index contributed by atoms with van der Waals surface area (Å²) in [7, 11) is 0. The molecule has 0 heterocycles. The van der Waals surface area contributed by atoms with Crippen LogP contribution in [0.2, 0.25) is 0 Å². The summed E-state index contributed by atoms with van der Waals surface area (Å²) >= 11 is 0. The van der Waals surface area contributed by atoms with Gasteiger partial charge in [-0.15, -0.1) is 0 Å². The number of rotatable bonds is 2. The van der Waals surface area contributed by atoms with Crippen molar-refractivity contribution in [1.29, 1.82) is 0 Å². The molecule has 0 aliphatic heterocycles. The van der Waals surface area contributed by atoms with Gasteiger partial charge in [0.05, 0.1) is 5.56 Å². The van der Waals surface area contributed by atoms with E-state index in [9.17, 15) is 34.8 Å². The van der Waals surface area contributed by atoms with Crippen molar-refractivity contribution in [3.63, 3.8) is 0 Å². The molecule has 4 aliphatic carbocycles. The fourth-order valence-electron chi connectivity index (χ4n) is 5.88. The van der Waals surface area contributed by atoms with Crippen molar-refractivity contribution in [2.75, 3.05) is 0 Å². The van der Waals surface area contributed by atoms with Gasteiger partial charge in [-0.25, -0.2) is 0 Å². The standard InChI is InChI=1S/C26H24O7/c1-11-3-4-13(7-11)16-5-6-18(28)22-17(16)9-14-8-15-10-19(29)20(12(2)27)24(31)26(15,33)25(32)21(14)23(22)30/h3,5-7,14-15,28-29,32-33H,4,8-10H2,1-2H3/t14-,15+,26-/m1/s1. The van der Waals surface area contributed by atoms with Gasteiger partial charge in [-0.1, -0.05) is 23.8 Å². The van der Waals surface area contributed by atoms with Gasteiger partial charge in [-0.3, -0.25) is 14.4 Å². The molecule has 1 aromatic rings. The van der Waals surface area contributed by atoms with Crippen molar-refractivity contribution in [1.82, 2.24) is 0 Å². The summed E-state index contributed by atoms with van der Waals surface area (Å²) in [6.07, 6.45) is 5.14. The monoisotopic (exact) mass is 448 g/mol. The molecule has 0 unspecified atom stereocenters. The normalized spacial score (nSPS) is 28.8. The molecule has 0 spiro atoms. The summed E-state index contributed by atoms with van der Waals surface area (Å²) in [5.74, 6) is -5.26. The fraction of sp³-hybridized carbons (Fsp3) is 0.346. The second kappa shape index (κ2) is 7.02. The zero-order chi connectivity index (χ0) is 23.8. The number of allylic oxidation sites excluding steroid dienone is 6. The summed E-state index contributed by atoms with van der Waals surface area (Å²) in [6.45, 7) is 3.08. The lowest BCUT2D eigenvalue weighted by atomic mass is 9.60. The summed E-state index contributed by atoms with van der Waals surface area (Å²) in [5.41, 5.74) is 0.599. The second-order valence-electron chi connectivity index (χ2n) is 9.41. The van der Waals surface area contributed by atoms with Crippen LogP contribution in [-0.4, -0.2) is 43.4 Å². The zero-order valence-corrected chi connectivity index (χ0v) is 18.3. The summed E-state index contributed by atoms with van der Waals surface area (Å²) in [5, 5.41) is 43.3. The molecular formula is C26H24O7. The van der Waals surface area contributed by atoms with Crippen molar-refractivity contribution < 1.29 is 34.8 Å². The molecule has 0 radical (unpaired) electrons. The van der Waals surface area contributed by atoms with Gasteiger partial charge in [0.2, 0.25) is 5.78 Å². The van der Waals surface area contributed by atoms with Gasteiger partial charge in [0.1, 0.15) is 22.8 Å². The van der Waals surface area contributed by atoms with E-state index in [1.165, 1.54) is 6.07 Å². The van der Waals surface area contributed by atoms with Crippen molar-refractivity contribution in [3.05, 3.63) is 69.2 Å². The minimum absolute atomic E-state index is 0.0613. The largest absolute Gasteiger partial charge is 0.511 e. The van der Waals surface area contributed by atoms with E-state index in [1.807, 2.05) is 13.0 Å². The number of carbonyl (C=O) groups excluding carboxylic acids is 3. The Balaban J connectivity index is 1.67. The molecule has 4 N–H and O–H groups in total. The van der Waals surface area contributed by atoms with E-state index in [4.69, 9.17) is 0 Å². The third-order valence-electron chi connectivity index (χ3n) is 7.44. The van der Waals surface area contributed by atoms with Crippen molar-refractivity contribution in [2.24, 2.45) is 11.8 Å². The van der Waals surface area contributed by atoms with Crippen LogP contribution in [0.25, 0.3) is 5.57 Å². The molecule has 0 bridgehead atoms. The second-order valence-corrected chi connectivity index (χ2v) is 9.41.